The molecule has 2 aromatic heterocycles. The number of carboxylic acids is 1. The first-order chi connectivity index (χ1) is 7.88. The Morgan fingerprint density at radius 3 is 2.82 bits per heavy atom. The molecule has 2 aromatic rings. The van der Waals surface area contributed by atoms with Gasteiger partial charge >= 0.3 is 12.1 Å². The monoisotopic (exact) mass is 264 g/mol. The standard InChI is InChI=1S/C9H7F3N2O2S/c10-9(11,12)6-3-14-5(1-2-7(15)16)4-17-8(14)13-6/h3-4H,1-2H2,(H,15,16). The van der Waals surface area contributed by atoms with Crippen molar-refractivity contribution in [3.05, 3.63) is 23.0 Å². The first-order valence-corrected chi connectivity index (χ1v) is 5.50. The predicted octanol–water partition coefficient (Wildman–Crippen LogP) is 2.43. The van der Waals surface area contributed by atoms with Crippen molar-refractivity contribution >= 4 is 22.3 Å². The van der Waals surface area contributed by atoms with Gasteiger partial charge in [0.25, 0.3) is 0 Å². The Labute approximate surface area is 97.3 Å². The van der Waals surface area contributed by atoms with Crippen LogP contribution in [0, 0.1) is 0 Å². The third-order valence-corrected chi connectivity index (χ3v) is 3.06. The lowest BCUT2D eigenvalue weighted by molar-refractivity contribution is -0.141. The molecule has 0 aliphatic carbocycles. The summed E-state index contributed by atoms with van der Waals surface area (Å²) in [6.45, 7) is 0. The van der Waals surface area contributed by atoms with Gasteiger partial charge in [-0.1, -0.05) is 0 Å². The van der Waals surface area contributed by atoms with Gasteiger partial charge in [-0.15, -0.1) is 11.3 Å². The van der Waals surface area contributed by atoms with Gasteiger partial charge in [-0.3, -0.25) is 9.20 Å². The summed E-state index contributed by atoms with van der Waals surface area (Å²) in [4.78, 5) is 14.1. The Kier molecular flexibility index (Phi) is 2.82. The van der Waals surface area contributed by atoms with E-state index in [1.807, 2.05) is 0 Å². The highest BCUT2D eigenvalue weighted by Gasteiger charge is 2.34. The van der Waals surface area contributed by atoms with Crippen LogP contribution in [-0.4, -0.2) is 20.5 Å². The number of rotatable bonds is 3. The van der Waals surface area contributed by atoms with Crippen LogP contribution in [0.5, 0.6) is 0 Å². The van der Waals surface area contributed by atoms with Crippen molar-refractivity contribution in [2.75, 3.05) is 0 Å². The molecule has 2 heterocycles. The highest BCUT2D eigenvalue weighted by Crippen LogP contribution is 2.30. The van der Waals surface area contributed by atoms with Gasteiger partial charge in [0.2, 0.25) is 0 Å². The Morgan fingerprint density at radius 1 is 1.53 bits per heavy atom. The molecule has 0 bridgehead atoms. The lowest BCUT2D eigenvalue weighted by Gasteiger charge is -1.99. The molecule has 0 aromatic carbocycles. The van der Waals surface area contributed by atoms with Crippen LogP contribution < -0.4 is 0 Å². The van der Waals surface area contributed by atoms with Crippen molar-refractivity contribution in [1.82, 2.24) is 9.38 Å². The van der Waals surface area contributed by atoms with Crippen LogP contribution in [0.2, 0.25) is 0 Å². The number of imidazole rings is 1. The molecule has 2 rings (SSSR count). The van der Waals surface area contributed by atoms with Crippen LogP contribution in [0.4, 0.5) is 13.2 Å². The molecule has 1 N–H and O–H groups in total. The molecule has 0 atom stereocenters. The maximum absolute atomic E-state index is 12.4. The van der Waals surface area contributed by atoms with Gasteiger partial charge in [0.05, 0.1) is 6.42 Å². The average molecular weight is 264 g/mol. The van der Waals surface area contributed by atoms with Gasteiger partial charge in [0.1, 0.15) is 0 Å². The predicted molar refractivity (Wildman–Crippen MR) is 54.0 cm³/mol. The second-order valence-electron chi connectivity index (χ2n) is 3.40. The number of hydrogen-bond donors (Lipinski definition) is 1. The Balaban J connectivity index is 2.32. The zero-order chi connectivity index (χ0) is 12.6. The van der Waals surface area contributed by atoms with Gasteiger partial charge in [-0.2, -0.15) is 13.2 Å². The van der Waals surface area contributed by atoms with Crippen LogP contribution >= 0.6 is 11.3 Å². The molecule has 0 spiro atoms. The smallest absolute Gasteiger partial charge is 0.434 e. The summed E-state index contributed by atoms with van der Waals surface area (Å²) in [7, 11) is 0. The lowest BCUT2D eigenvalue weighted by Crippen LogP contribution is -2.05. The fourth-order valence-electron chi connectivity index (χ4n) is 1.38. The van der Waals surface area contributed by atoms with Crippen LogP contribution in [-0.2, 0) is 17.4 Å². The average Bonchev–Trinajstić information content (AvgIpc) is 2.72. The first kappa shape index (κ1) is 11.9. The minimum absolute atomic E-state index is 0.120. The van der Waals surface area contributed by atoms with E-state index in [1.165, 1.54) is 4.40 Å². The Bertz CT molecular complexity index is 558. The molecule has 0 aliphatic rings. The van der Waals surface area contributed by atoms with Crippen molar-refractivity contribution in [2.24, 2.45) is 0 Å². The van der Waals surface area contributed by atoms with Crippen molar-refractivity contribution < 1.29 is 23.1 Å². The molecule has 92 valence electrons. The van der Waals surface area contributed by atoms with Gasteiger partial charge in [0, 0.05) is 17.3 Å². The summed E-state index contributed by atoms with van der Waals surface area (Å²) >= 11 is 1.06. The summed E-state index contributed by atoms with van der Waals surface area (Å²) in [6.07, 6.45) is -3.52. The van der Waals surface area contributed by atoms with Crippen LogP contribution in [0.15, 0.2) is 11.6 Å². The zero-order valence-electron chi connectivity index (χ0n) is 8.36. The third-order valence-electron chi connectivity index (χ3n) is 2.17. The number of hydrogen-bond acceptors (Lipinski definition) is 3. The van der Waals surface area contributed by atoms with E-state index < -0.39 is 17.8 Å². The fraction of sp³-hybridized carbons (Fsp3) is 0.333. The van der Waals surface area contributed by atoms with E-state index in [9.17, 15) is 18.0 Å². The van der Waals surface area contributed by atoms with Crippen molar-refractivity contribution in [3.63, 3.8) is 0 Å². The number of carbonyl (C=O) groups is 1. The fourth-order valence-corrected chi connectivity index (χ4v) is 2.29. The first-order valence-electron chi connectivity index (χ1n) is 4.62. The summed E-state index contributed by atoms with van der Waals surface area (Å²) in [5.74, 6) is -0.986. The van der Waals surface area contributed by atoms with Gasteiger partial charge in [-0.05, 0) is 6.42 Å². The summed E-state index contributed by atoms with van der Waals surface area (Å²) < 4.78 is 38.4. The molecule has 0 fully saturated rings. The number of nitrogens with zero attached hydrogens (tertiary/aromatic N) is 2. The van der Waals surface area contributed by atoms with Gasteiger partial charge in [-0.25, -0.2) is 4.98 Å². The van der Waals surface area contributed by atoms with E-state index in [0.29, 0.717) is 5.69 Å². The molecule has 0 aliphatic heterocycles. The van der Waals surface area contributed by atoms with Crippen molar-refractivity contribution in [1.29, 1.82) is 0 Å². The molecular formula is C9H7F3N2O2S. The number of alkyl halides is 3. The minimum Gasteiger partial charge on any atom is -0.481 e. The summed E-state index contributed by atoms with van der Waals surface area (Å²) in [6, 6.07) is 0. The lowest BCUT2D eigenvalue weighted by atomic mass is 10.2. The number of carboxylic acid groups (broad SMARTS) is 1. The van der Waals surface area contributed by atoms with Gasteiger partial charge < -0.3 is 5.11 Å². The van der Waals surface area contributed by atoms with E-state index in [4.69, 9.17) is 5.11 Å². The Morgan fingerprint density at radius 2 is 2.24 bits per heavy atom. The number of thiazole rings is 1. The molecule has 0 saturated carbocycles. The third kappa shape index (κ3) is 2.41. The van der Waals surface area contributed by atoms with Gasteiger partial charge in [0.15, 0.2) is 10.7 Å². The highest BCUT2D eigenvalue weighted by atomic mass is 32.1. The number of aliphatic carboxylic acids is 1. The van der Waals surface area contributed by atoms with Crippen LogP contribution in [0.1, 0.15) is 17.8 Å². The largest absolute Gasteiger partial charge is 0.481 e. The zero-order valence-corrected chi connectivity index (χ0v) is 9.18. The molecule has 4 nitrogen and oxygen atoms in total. The topological polar surface area (TPSA) is 54.6 Å². The van der Waals surface area contributed by atoms with E-state index in [1.54, 1.807) is 5.38 Å². The van der Waals surface area contributed by atoms with Crippen molar-refractivity contribution in [3.8, 4) is 0 Å². The quantitative estimate of drug-likeness (QED) is 0.926. The van der Waals surface area contributed by atoms with E-state index in [0.717, 1.165) is 17.5 Å². The summed E-state index contributed by atoms with van der Waals surface area (Å²) in [5.41, 5.74) is -0.434. The molecule has 8 heteroatoms. The molecular weight excluding hydrogens is 257 g/mol. The maximum Gasteiger partial charge on any atom is 0.434 e. The SMILES string of the molecule is O=C(O)CCc1csc2nc(C(F)(F)F)cn12. The maximum atomic E-state index is 12.4. The molecule has 0 saturated heterocycles. The normalized spacial score (nSPS) is 12.2. The summed E-state index contributed by atoms with van der Waals surface area (Å²) in [5, 5.41) is 10.1. The molecule has 0 unspecified atom stereocenters. The number of fused-ring (bicyclic) bond motifs is 1. The van der Waals surface area contributed by atoms with E-state index in [-0.39, 0.29) is 17.8 Å². The number of aromatic nitrogens is 2. The van der Waals surface area contributed by atoms with E-state index in [2.05, 4.69) is 4.98 Å². The van der Waals surface area contributed by atoms with Crippen LogP contribution in [0.3, 0.4) is 0 Å². The molecule has 0 radical (unpaired) electrons. The minimum atomic E-state index is -4.48. The number of halogens is 3. The molecule has 0 amide bonds. The van der Waals surface area contributed by atoms with Crippen molar-refractivity contribution in [2.45, 2.75) is 19.0 Å². The molecule has 17 heavy (non-hydrogen) atoms. The van der Waals surface area contributed by atoms with Crippen LogP contribution in [0.25, 0.3) is 4.96 Å². The number of aryl methyl sites for hydroxylation is 1. The highest BCUT2D eigenvalue weighted by molar-refractivity contribution is 7.15. The second kappa shape index (κ2) is 4.02. The Hall–Kier alpha value is -1.57. The van der Waals surface area contributed by atoms with E-state index >= 15 is 0 Å². The second-order valence-corrected chi connectivity index (χ2v) is 4.23.